The summed E-state index contributed by atoms with van der Waals surface area (Å²) in [6, 6.07) is 0.392. The molecule has 0 radical (unpaired) electrons. The highest BCUT2D eigenvalue weighted by Gasteiger charge is 2.19. The van der Waals surface area contributed by atoms with Gasteiger partial charge in [-0.3, -0.25) is 0 Å². The van der Waals surface area contributed by atoms with Crippen LogP contribution >= 0.6 is 11.8 Å². The molecule has 1 nitrogen and oxygen atoms in total. The maximum Gasteiger partial charge on any atom is 0.00183 e. The monoisotopic (exact) mass is 173 g/mol. The van der Waals surface area contributed by atoms with Gasteiger partial charge in [-0.2, -0.15) is 11.8 Å². The third kappa shape index (κ3) is 5.57. The Hall–Kier alpha value is 0.310. The zero-order chi connectivity index (χ0) is 8.10. The minimum Gasteiger partial charge on any atom is -0.328 e. The van der Waals surface area contributed by atoms with Crippen molar-refractivity contribution in [1.29, 1.82) is 0 Å². The standard InChI is InChI=1S/C9H19NS/c1-8(10)4-6-11-7-5-9-2-3-9/h8-9H,2-7,10H2,1H3. The van der Waals surface area contributed by atoms with Gasteiger partial charge in [0.25, 0.3) is 0 Å². The van der Waals surface area contributed by atoms with Crippen molar-refractivity contribution < 1.29 is 0 Å². The van der Waals surface area contributed by atoms with Crippen molar-refractivity contribution in [3.63, 3.8) is 0 Å². The molecule has 11 heavy (non-hydrogen) atoms. The Morgan fingerprint density at radius 3 is 2.73 bits per heavy atom. The first-order valence-electron chi connectivity index (χ1n) is 4.62. The lowest BCUT2D eigenvalue weighted by molar-refractivity contribution is 0.720. The van der Waals surface area contributed by atoms with E-state index in [1.165, 1.54) is 37.2 Å². The first-order valence-corrected chi connectivity index (χ1v) is 5.78. The van der Waals surface area contributed by atoms with Gasteiger partial charge < -0.3 is 5.73 Å². The van der Waals surface area contributed by atoms with E-state index in [1.54, 1.807) is 0 Å². The first-order chi connectivity index (χ1) is 5.29. The number of nitrogens with two attached hydrogens (primary N) is 1. The van der Waals surface area contributed by atoms with Crippen LogP contribution in [0.25, 0.3) is 0 Å². The third-order valence-electron chi connectivity index (χ3n) is 2.08. The zero-order valence-corrected chi connectivity index (χ0v) is 8.20. The Labute approximate surface area is 74.1 Å². The van der Waals surface area contributed by atoms with Crippen LogP contribution in [0.15, 0.2) is 0 Å². The summed E-state index contributed by atoms with van der Waals surface area (Å²) in [4.78, 5) is 0. The van der Waals surface area contributed by atoms with Gasteiger partial charge in [0.1, 0.15) is 0 Å². The lowest BCUT2D eigenvalue weighted by Crippen LogP contribution is -2.15. The summed E-state index contributed by atoms with van der Waals surface area (Å²) in [6.07, 6.45) is 5.61. The molecule has 0 amide bonds. The molecule has 1 aliphatic carbocycles. The van der Waals surface area contributed by atoms with Crippen LogP contribution < -0.4 is 5.73 Å². The molecule has 1 atom stereocenters. The third-order valence-corrected chi connectivity index (χ3v) is 3.13. The SMILES string of the molecule is CC(N)CCSCCC1CC1. The Kier molecular flexibility index (Phi) is 4.31. The maximum absolute atomic E-state index is 5.63. The van der Waals surface area contributed by atoms with Gasteiger partial charge in [0, 0.05) is 6.04 Å². The van der Waals surface area contributed by atoms with Crippen LogP contribution in [0.2, 0.25) is 0 Å². The fourth-order valence-corrected chi connectivity index (χ4v) is 2.27. The summed E-state index contributed by atoms with van der Waals surface area (Å²) < 4.78 is 0. The van der Waals surface area contributed by atoms with Crippen molar-refractivity contribution in [3.8, 4) is 0 Å². The number of hydrogen-bond acceptors (Lipinski definition) is 2. The molecular weight excluding hydrogens is 154 g/mol. The molecule has 1 rings (SSSR count). The van der Waals surface area contributed by atoms with E-state index in [0.717, 1.165) is 5.92 Å². The second kappa shape index (κ2) is 5.04. The number of rotatable bonds is 6. The predicted octanol–water partition coefficient (Wildman–Crippen LogP) is 2.26. The van der Waals surface area contributed by atoms with E-state index in [2.05, 4.69) is 18.7 Å². The van der Waals surface area contributed by atoms with Crippen LogP contribution in [0.3, 0.4) is 0 Å². The normalized spacial score (nSPS) is 20.2. The van der Waals surface area contributed by atoms with Gasteiger partial charge in [0.15, 0.2) is 0 Å². The average Bonchev–Trinajstić information content (AvgIpc) is 2.70. The van der Waals surface area contributed by atoms with E-state index in [0.29, 0.717) is 6.04 Å². The topological polar surface area (TPSA) is 26.0 Å². The van der Waals surface area contributed by atoms with E-state index in [9.17, 15) is 0 Å². The van der Waals surface area contributed by atoms with Crippen LogP contribution in [0.4, 0.5) is 0 Å². The smallest absolute Gasteiger partial charge is 0.00183 e. The lowest BCUT2D eigenvalue weighted by atomic mass is 10.3. The molecule has 66 valence electrons. The molecule has 2 heteroatoms. The van der Waals surface area contributed by atoms with Crippen LogP contribution in [0.5, 0.6) is 0 Å². The molecule has 2 N–H and O–H groups in total. The largest absolute Gasteiger partial charge is 0.328 e. The average molecular weight is 173 g/mol. The van der Waals surface area contributed by atoms with Crippen molar-refractivity contribution in [3.05, 3.63) is 0 Å². The summed E-state index contributed by atoms with van der Waals surface area (Å²) in [5.74, 6) is 3.71. The summed E-state index contributed by atoms with van der Waals surface area (Å²) in [5.41, 5.74) is 5.63. The van der Waals surface area contributed by atoms with E-state index in [4.69, 9.17) is 5.73 Å². The van der Waals surface area contributed by atoms with Gasteiger partial charge in [0.05, 0.1) is 0 Å². The highest BCUT2D eigenvalue weighted by molar-refractivity contribution is 7.99. The van der Waals surface area contributed by atoms with Gasteiger partial charge in [-0.1, -0.05) is 12.8 Å². The fraction of sp³-hybridized carbons (Fsp3) is 1.00. The molecule has 0 aromatic carbocycles. The Morgan fingerprint density at radius 1 is 1.45 bits per heavy atom. The van der Waals surface area contributed by atoms with Gasteiger partial charge in [-0.05, 0) is 37.2 Å². The van der Waals surface area contributed by atoms with Crippen molar-refractivity contribution in [2.75, 3.05) is 11.5 Å². The highest BCUT2D eigenvalue weighted by atomic mass is 32.2. The second-order valence-corrected chi connectivity index (χ2v) is 4.84. The highest BCUT2D eigenvalue weighted by Crippen LogP contribution is 2.33. The molecule has 0 aromatic rings. The van der Waals surface area contributed by atoms with Crippen molar-refractivity contribution in [1.82, 2.24) is 0 Å². The molecule has 1 fully saturated rings. The molecule has 1 unspecified atom stereocenters. The first kappa shape index (κ1) is 9.40. The molecule has 0 heterocycles. The fourth-order valence-electron chi connectivity index (χ4n) is 1.03. The summed E-state index contributed by atoms with van der Waals surface area (Å²) in [6.45, 7) is 2.08. The van der Waals surface area contributed by atoms with Crippen LogP contribution in [-0.2, 0) is 0 Å². The summed E-state index contributed by atoms with van der Waals surface area (Å²) >= 11 is 2.07. The zero-order valence-electron chi connectivity index (χ0n) is 7.38. The number of thioether (sulfide) groups is 1. The van der Waals surface area contributed by atoms with Crippen LogP contribution in [0, 0.1) is 5.92 Å². The van der Waals surface area contributed by atoms with E-state index in [1.807, 2.05) is 0 Å². The molecule has 0 spiro atoms. The Balaban J connectivity index is 1.73. The van der Waals surface area contributed by atoms with Crippen molar-refractivity contribution in [2.45, 2.75) is 38.6 Å². The van der Waals surface area contributed by atoms with E-state index in [-0.39, 0.29) is 0 Å². The van der Waals surface area contributed by atoms with Gasteiger partial charge >= 0.3 is 0 Å². The van der Waals surface area contributed by atoms with Gasteiger partial charge in [0.2, 0.25) is 0 Å². The predicted molar refractivity (Wildman–Crippen MR) is 52.9 cm³/mol. The summed E-state index contributed by atoms with van der Waals surface area (Å²) in [5, 5.41) is 0. The molecule has 1 aliphatic rings. The molecule has 0 aliphatic heterocycles. The van der Waals surface area contributed by atoms with Crippen LogP contribution in [0.1, 0.15) is 32.6 Å². The Bertz CT molecular complexity index is 95.7. The van der Waals surface area contributed by atoms with Crippen molar-refractivity contribution >= 4 is 11.8 Å². The lowest BCUT2D eigenvalue weighted by Gasteiger charge is -2.03. The second-order valence-electron chi connectivity index (χ2n) is 3.61. The Morgan fingerprint density at radius 2 is 2.18 bits per heavy atom. The maximum atomic E-state index is 5.63. The van der Waals surface area contributed by atoms with E-state index < -0.39 is 0 Å². The van der Waals surface area contributed by atoms with Gasteiger partial charge in [-0.15, -0.1) is 0 Å². The molecular formula is C9H19NS. The molecule has 0 saturated heterocycles. The molecule has 1 saturated carbocycles. The van der Waals surface area contributed by atoms with Crippen molar-refractivity contribution in [2.24, 2.45) is 11.7 Å². The molecule has 0 aromatic heterocycles. The van der Waals surface area contributed by atoms with E-state index >= 15 is 0 Å². The number of hydrogen-bond donors (Lipinski definition) is 1. The summed E-state index contributed by atoms with van der Waals surface area (Å²) in [7, 11) is 0. The minimum atomic E-state index is 0.392. The van der Waals surface area contributed by atoms with Gasteiger partial charge in [-0.25, -0.2) is 0 Å². The quantitative estimate of drug-likeness (QED) is 0.623. The van der Waals surface area contributed by atoms with Crippen LogP contribution in [-0.4, -0.2) is 17.5 Å². The minimum absolute atomic E-state index is 0.392. The molecule has 0 bridgehead atoms.